The lowest BCUT2D eigenvalue weighted by molar-refractivity contribution is 0.164. The van der Waals surface area contributed by atoms with E-state index in [2.05, 4.69) is 81.9 Å². The van der Waals surface area contributed by atoms with Crippen molar-refractivity contribution in [1.29, 1.82) is 0 Å². The van der Waals surface area contributed by atoms with Crippen molar-refractivity contribution in [1.82, 2.24) is 25.1 Å². The van der Waals surface area contributed by atoms with Crippen LogP contribution in [0.2, 0.25) is 0 Å². The lowest BCUT2D eigenvalue weighted by Gasteiger charge is -2.35. The van der Waals surface area contributed by atoms with Crippen LogP contribution in [0.3, 0.4) is 0 Å². The number of rotatable bonds is 3. The molecule has 1 aliphatic rings. The van der Waals surface area contributed by atoms with Crippen LogP contribution in [0.25, 0.3) is 0 Å². The van der Waals surface area contributed by atoms with Crippen molar-refractivity contribution >= 4 is 0 Å². The monoisotopic (exact) mass is 305 g/mol. The zero-order valence-corrected chi connectivity index (χ0v) is 13.1. The van der Waals surface area contributed by atoms with Gasteiger partial charge in [0, 0.05) is 13.1 Å². The molecule has 0 bridgehead atoms. The molecule has 0 saturated heterocycles. The van der Waals surface area contributed by atoms with Crippen molar-refractivity contribution in [3.63, 3.8) is 0 Å². The van der Waals surface area contributed by atoms with Gasteiger partial charge in [0.1, 0.15) is 0 Å². The standard InChI is InChI=1S/C18H19N5/c1-14-6-5-9-16(12-14)17-18-19-20-21-23(18)11-10-22(17)13-15-7-3-2-4-8-15/h2-9,12,17H,10-11,13H2,1H3. The molecule has 0 spiro atoms. The third-order valence-corrected chi connectivity index (χ3v) is 4.35. The second-order valence-electron chi connectivity index (χ2n) is 6.03. The maximum atomic E-state index is 4.30. The van der Waals surface area contributed by atoms with Gasteiger partial charge in [-0.05, 0) is 28.5 Å². The molecule has 5 heteroatoms. The summed E-state index contributed by atoms with van der Waals surface area (Å²) in [7, 11) is 0. The SMILES string of the molecule is Cc1cccc(C2c3nnnn3CCN2Cc2ccccc2)c1. The predicted molar refractivity (Wildman–Crippen MR) is 87.7 cm³/mol. The Morgan fingerprint density at radius 1 is 1.04 bits per heavy atom. The minimum absolute atomic E-state index is 0.0962. The summed E-state index contributed by atoms with van der Waals surface area (Å²) in [6.07, 6.45) is 0. The van der Waals surface area contributed by atoms with E-state index >= 15 is 0 Å². The molecule has 0 aliphatic carbocycles. The zero-order chi connectivity index (χ0) is 15.6. The Bertz CT molecular complexity index is 796. The maximum absolute atomic E-state index is 4.30. The van der Waals surface area contributed by atoms with Gasteiger partial charge in [-0.2, -0.15) is 0 Å². The summed E-state index contributed by atoms with van der Waals surface area (Å²) in [6.45, 7) is 4.78. The molecule has 0 amide bonds. The second kappa shape index (κ2) is 5.93. The van der Waals surface area contributed by atoms with Gasteiger partial charge in [-0.25, -0.2) is 4.68 Å². The molecule has 116 valence electrons. The molecule has 0 N–H and O–H groups in total. The van der Waals surface area contributed by atoms with E-state index in [1.807, 2.05) is 4.68 Å². The molecule has 0 saturated carbocycles. The summed E-state index contributed by atoms with van der Waals surface area (Å²) in [6, 6.07) is 19.3. The van der Waals surface area contributed by atoms with E-state index < -0.39 is 0 Å². The Balaban J connectivity index is 1.73. The highest BCUT2D eigenvalue weighted by Crippen LogP contribution is 2.31. The van der Waals surface area contributed by atoms with Crippen molar-refractivity contribution < 1.29 is 0 Å². The normalized spacial score (nSPS) is 17.9. The Labute approximate surface area is 135 Å². The summed E-state index contributed by atoms with van der Waals surface area (Å²) >= 11 is 0. The van der Waals surface area contributed by atoms with Crippen LogP contribution in [-0.4, -0.2) is 31.7 Å². The fourth-order valence-electron chi connectivity index (χ4n) is 3.27. The number of nitrogens with zero attached hydrogens (tertiary/aromatic N) is 5. The Hall–Kier alpha value is -2.53. The van der Waals surface area contributed by atoms with Crippen LogP contribution in [0.5, 0.6) is 0 Å². The fraction of sp³-hybridized carbons (Fsp3) is 0.278. The van der Waals surface area contributed by atoms with Crippen LogP contribution >= 0.6 is 0 Å². The summed E-state index contributed by atoms with van der Waals surface area (Å²) in [4.78, 5) is 2.45. The van der Waals surface area contributed by atoms with Gasteiger partial charge in [-0.15, -0.1) is 5.10 Å². The molecule has 4 rings (SSSR count). The highest BCUT2D eigenvalue weighted by Gasteiger charge is 2.31. The first-order valence-corrected chi connectivity index (χ1v) is 7.92. The minimum Gasteiger partial charge on any atom is -0.284 e. The van der Waals surface area contributed by atoms with E-state index in [0.29, 0.717) is 0 Å². The van der Waals surface area contributed by atoms with Crippen molar-refractivity contribution in [3.05, 3.63) is 77.1 Å². The lowest BCUT2D eigenvalue weighted by Crippen LogP contribution is -2.39. The van der Waals surface area contributed by atoms with Gasteiger partial charge in [0.25, 0.3) is 0 Å². The van der Waals surface area contributed by atoms with Crippen LogP contribution in [0.4, 0.5) is 0 Å². The van der Waals surface area contributed by atoms with Crippen LogP contribution in [0.15, 0.2) is 54.6 Å². The zero-order valence-electron chi connectivity index (χ0n) is 13.1. The van der Waals surface area contributed by atoms with E-state index in [1.165, 1.54) is 16.7 Å². The lowest BCUT2D eigenvalue weighted by atomic mass is 10.00. The number of hydrogen-bond donors (Lipinski definition) is 0. The fourth-order valence-corrected chi connectivity index (χ4v) is 3.27. The van der Waals surface area contributed by atoms with Crippen LogP contribution < -0.4 is 0 Å². The third-order valence-electron chi connectivity index (χ3n) is 4.35. The molecule has 1 aromatic heterocycles. The van der Waals surface area contributed by atoms with E-state index in [-0.39, 0.29) is 6.04 Å². The Morgan fingerprint density at radius 2 is 1.91 bits per heavy atom. The van der Waals surface area contributed by atoms with Crippen LogP contribution in [0, 0.1) is 6.92 Å². The van der Waals surface area contributed by atoms with Gasteiger partial charge in [0.05, 0.1) is 12.6 Å². The average molecular weight is 305 g/mol. The number of aryl methyl sites for hydroxylation is 1. The van der Waals surface area contributed by atoms with Gasteiger partial charge in [-0.3, -0.25) is 4.90 Å². The summed E-state index contributed by atoms with van der Waals surface area (Å²) in [5.74, 6) is 0.929. The first-order chi connectivity index (χ1) is 11.3. The third kappa shape index (κ3) is 2.75. The largest absolute Gasteiger partial charge is 0.284 e. The van der Waals surface area contributed by atoms with E-state index in [1.54, 1.807) is 0 Å². The molecule has 5 nitrogen and oxygen atoms in total. The summed E-state index contributed by atoms with van der Waals surface area (Å²) in [5, 5.41) is 12.3. The molecule has 2 heterocycles. The first kappa shape index (κ1) is 14.1. The quantitative estimate of drug-likeness (QED) is 0.746. The first-order valence-electron chi connectivity index (χ1n) is 7.92. The minimum atomic E-state index is 0.0962. The number of hydrogen-bond acceptors (Lipinski definition) is 4. The smallest absolute Gasteiger partial charge is 0.173 e. The number of aromatic nitrogens is 4. The van der Waals surface area contributed by atoms with Gasteiger partial charge in [-0.1, -0.05) is 60.2 Å². The molecular formula is C18H19N5. The Kier molecular flexibility index (Phi) is 3.63. The molecule has 1 aliphatic heterocycles. The highest BCUT2D eigenvalue weighted by molar-refractivity contribution is 5.30. The van der Waals surface area contributed by atoms with Crippen molar-refractivity contribution in [3.8, 4) is 0 Å². The molecular weight excluding hydrogens is 286 g/mol. The number of tetrazole rings is 1. The summed E-state index contributed by atoms with van der Waals surface area (Å²) in [5.41, 5.74) is 3.81. The Morgan fingerprint density at radius 3 is 2.74 bits per heavy atom. The van der Waals surface area contributed by atoms with Gasteiger partial charge in [0.2, 0.25) is 0 Å². The van der Waals surface area contributed by atoms with Gasteiger partial charge < -0.3 is 0 Å². The molecule has 23 heavy (non-hydrogen) atoms. The van der Waals surface area contributed by atoms with Gasteiger partial charge in [0.15, 0.2) is 5.82 Å². The molecule has 1 atom stereocenters. The van der Waals surface area contributed by atoms with Crippen molar-refractivity contribution in [2.24, 2.45) is 0 Å². The predicted octanol–water partition coefficient (Wildman–Crippen LogP) is 2.59. The van der Waals surface area contributed by atoms with E-state index in [0.717, 1.165) is 25.5 Å². The second-order valence-corrected chi connectivity index (χ2v) is 6.03. The molecule has 0 fully saturated rings. The highest BCUT2D eigenvalue weighted by atomic mass is 15.6. The summed E-state index contributed by atoms with van der Waals surface area (Å²) < 4.78 is 1.93. The number of benzene rings is 2. The van der Waals surface area contributed by atoms with Crippen LogP contribution in [0.1, 0.15) is 28.6 Å². The molecule has 1 unspecified atom stereocenters. The topological polar surface area (TPSA) is 46.8 Å². The van der Waals surface area contributed by atoms with E-state index in [9.17, 15) is 0 Å². The maximum Gasteiger partial charge on any atom is 0.173 e. The molecule has 3 aromatic rings. The van der Waals surface area contributed by atoms with E-state index in [4.69, 9.17) is 0 Å². The molecule has 2 aromatic carbocycles. The molecule has 0 radical (unpaired) electrons. The average Bonchev–Trinajstić information content (AvgIpc) is 3.04. The van der Waals surface area contributed by atoms with Gasteiger partial charge >= 0.3 is 0 Å². The van der Waals surface area contributed by atoms with Crippen molar-refractivity contribution in [2.75, 3.05) is 6.54 Å². The van der Waals surface area contributed by atoms with Crippen molar-refractivity contribution in [2.45, 2.75) is 26.1 Å². The number of fused-ring (bicyclic) bond motifs is 1. The van der Waals surface area contributed by atoms with Crippen LogP contribution in [-0.2, 0) is 13.1 Å².